The van der Waals surface area contributed by atoms with Gasteiger partial charge < -0.3 is 15.1 Å². The van der Waals surface area contributed by atoms with E-state index in [0.717, 1.165) is 87.2 Å². The van der Waals surface area contributed by atoms with Crippen molar-refractivity contribution in [1.82, 2.24) is 15.0 Å². The summed E-state index contributed by atoms with van der Waals surface area (Å²) in [4.78, 5) is 20.3. The van der Waals surface area contributed by atoms with E-state index in [4.69, 9.17) is 15.2 Å². The summed E-state index contributed by atoms with van der Waals surface area (Å²) in [6, 6.07) is 20.1. The number of thiophene rings is 1. The first-order chi connectivity index (χ1) is 18.6. The van der Waals surface area contributed by atoms with Crippen LogP contribution in [0.15, 0.2) is 75.9 Å². The van der Waals surface area contributed by atoms with Gasteiger partial charge >= 0.3 is 0 Å². The van der Waals surface area contributed by atoms with Gasteiger partial charge in [-0.1, -0.05) is 41.6 Å². The highest BCUT2D eigenvalue weighted by atomic mass is 32.1. The Hall–Kier alpha value is -3.59. The molecule has 0 radical (unpaired) electrons. The summed E-state index contributed by atoms with van der Waals surface area (Å²) < 4.78 is 5.67. The molecule has 1 unspecified atom stereocenters. The van der Waals surface area contributed by atoms with Gasteiger partial charge in [0.05, 0.1) is 16.3 Å². The fourth-order valence-electron chi connectivity index (χ4n) is 5.20. The summed E-state index contributed by atoms with van der Waals surface area (Å²) >= 11 is 3.35. The van der Waals surface area contributed by atoms with E-state index in [1.54, 1.807) is 22.7 Å². The Morgan fingerprint density at radius 2 is 1.82 bits per heavy atom. The number of piperidine rings is 1. The second-order valence-corrected chi connectivity index (χ2v) is 11.5. The molecule has 6 nitrogen and oxygen atoms in total. The number of rotatable bonds is 7. The predicted octanol–water partition coefficient (Wildman–Crippen LogP) is 7.20. The standard InChI is InChI=1S/C30H28N4O2S2/c1-19-28(29(33-36-19)23-5-2-4-22(16-23)20-7-9-24(31)10-8-20)25-18-38-30(32-25)21-11-13-34(14-12-21)26(17-35)27-6-3-15-37-27/h2-10,15-18,21,26H,11-14,31H2,1H3. The van der Waals surface area contributed by atoms with E-state index in [1.165, 1.54) is 0 Å². The molecule has 1 fully saturated rings. The van der Waals surface area contributed by atoms with Crippen molar-refractivity contribution in [1.29, 1.82) is 0 Å². The van der Waals surface area contributed by atoms with E-state index < -0.39 is 0 Å². The van der Waals surface area contributed by atoms with Crippen molar-refractivity contribution in [3.8, 4) is 33.6 Å². The van der Waals surface area contributed by atoms with Gasteiger partial charge in [0.25, 0.3) is 0 Å². The van der Waals surface area contributed by atoms with Crippen LogP contribution in [-0.2, 0) is 4.79 Å². The maximum absolute atomic E-state index is 11.8. The van der Waals surface area contributed by atoms with Crippen molar-refractivity contribution < 1.29 is 9.32 Å². The lowest BCUT2D eigenvalue weighted by molar-refractivity contribution is -0.113. The Bertz CT molecular complexity index is 1530. The van der Waals surface area contributed by atoms with Crippen LogP contribution in [0.2, 0.25) is 0 Å². The molecule has 4 heterocycles. The molecular formula is C30H28N4O2S2. The zero-order valence-corrected chi connectivity index (χ0v) is 22.7. The van der Waals surface area contributed by atoms with Crippen LogP contribution in [0.5, 0.6) is 0 Å². The van der Waals surface area contributed by atoms with Crippen LogP contribution in [0.25, 0.3) is 33.6 Å². The van der Waals surface area contributed by atoms with E-state index in [9.17, 15) is 4.79 Å². The molecule has 3 aromatic heterocycles. The number of nitrogens with zero attached hydrogens (tertiary/aromatic N) is 3. The van der Waals surface area contributed by atoms with Gasteiger partial charge in [-0.3, -0.25) is 4.90 Å². The fraction of sp³-hybridized carbons (Fsp3) is 0.233. The first-order valence-corrected chi connectivity index (χ1v) is 14.5. The second kappa shape index (κ2) is 10.6. The predicted molar refractivity (Wildman–Crippen MR) is 154 cm³/mol. The van der Waals surface area contributed by atoms with Gasteiger partial charge in [0, 0.05) is 27.4 Å². The smallest absolute Gasteiger partial charge is 0.143 e. The highest BCUT2D eigenvalue weighted by molar-refractivity contribution is 7.10. The number of nitrogen functional groups attached to an aromatic ring is 1. The van der Waals surface area contributed by atoms with Crippen LogP contribution < -0.4 is 5.73 Å². The monoisotopic (exact) mass is 540 g/mol. The molecule has 0 aliphatic carbocycles. The Morgan fingerprint density at radius 1 is 1.03 bits per heavy atom. The lowest BCUT2D eigenvalue weighted by Crippen LogP contribution is -2.36. The minimum absolute atomic E-state index is 0.144. The summed E-state index contributed by atoms with van der Waals surface area (Å²) in [6.45, 7) is 3.71. The third-order valence-corrected chi connectivity index (χ3v) is 9.21. The van der Waals surface area contributed by atoms with Crippen molar-refractivity contribution in [3.63, 3.8) is 0 Å². The molecule has 38 heavy (non-hydrogen) atoms. The number of aromatic nitrogens is 2. The van der Waals surface area contributed by atoms with Gasteiger partial charge in [-0.2, -0.15) is 0 Å². The third kappa shape index (κ3) is 4.82. The Labute approximate surface area is 229 Å². The molecule has 0 spiro atoms. The maximum atomic E-state index is 11.8. The molecule has 5 aromatic rings. The lowest BCUT2D eigenvalue weighted by atomic mass is 9.96. The number of likely N-dealkylation sites (tertiary alicyclic amines) is 1. The highest BCUT2D eigenvalue weighted by Gasteiger charge is 2.29. The number of aryl methyl sites for hydroxylation is 1. The van der Waals surface area contributed by atoms with Gasteiger partial charge in [0.15, 0.2) is 0 Å². The van der Waals surface area contributed by atoms with Gasteiger partial charge in [-0.15, -0.1) is 22.7 Å². The number of aldehydes is 1. The van der Waals surface area contributed by atoms with Crippen LogP contribution in [0, 0.1) is 6.92 Å². The van der Waals surface area contributed by atoms with E-state index in [0.29, 0.717) is 5.92 Å². The molecule has 0 bridgehead atoms. The maximum Gasteiger partial charge on any atom is 0.143 e. The molecule has 192 valence electrons. The Morgan fingerprint density at radius 3 is 2.55 bits per heavy atom. The van der Waals surface area contributed by atoms with Gasteiger partial charge in [-0.05, 0) is 73.6 Å². The molecular weight excluding hydrogens is 512 g/mol. The van der Waals surface area contributed by atoms with E-state index in [-0.39, 0.29) is 6.04 Å². The topological polar surface area (TPSA) is 85.2 Å². The second-order valence-electron chi connectivity index (χ2n) is 9.64. The molecule has 6 rings (SSSR count). The van der Waals surface area contributed by atoms with Gasteiger partial charge in [-0.25, -0.2) is 4.98 Å². The summed E-state index contributed by atoms with van der Waals surface area (Å²) in [6.07, 6.45) is 3.05. The van der Waals surface area contributed by atoms with Crippen molar-refractivity contribution in [2.24, 2.45) is 0 Å². The van der Waals surface area contributed by atoms with Crippen LogP contribution >= 0.6 is 22.7 Å². The van der Waals surface area contributed by atoms with Crippen molar-refractivity contribution >= 4 is 34.6 Å². The number of benzene rings is 2. The number of anilines is 1. The Balaban J connectivity index is 1.22. The van der Waals surface area contributed by atoms with Crippen molar-refractivity contribution in [3.05, 3.63) is 87.1 Å². The first-order valence-electron chi connectivity index (χ1n) is 12.7. The minimum Gasteiger partial charge on any atom is -0.399 e. The van der Waals surface area contributed by atoms with Gasteiger partial charge in [0.1, 0.15) is 23.8 Å². The number of hydrogen-bond acceptors (Lipinski definition) is 8. The molecule has 0 amide bonds. The zero-order valence-electron chi connectivity index (χ0n) is 21.0. The zero-order chi connectivity index (χ0) is 26.1. The molecule has 2 N–H and O–H groups in total. The van der Waals surface area contributed by atoms with Crippen LogP contribution in [-0.4, -0.2) is 34.4 Å². The number of thiazole rings is 1. The van der Waals surface area contributed by atoms with Crippen molar-refractivity contribution in [2.45, 2.75) is 31.7 Å². The van der Waals surface area contributed by atoms with E-state index in [2.05, 4.69) is 33.6 Å². The van der Waals surface area contributed by atoms with Gasteiger partial charge in [0.2, 0.25) is 0 Å². The SMILES string of the molecule is Cc1onc(-c2cccc(-c3ccc(N)cc3)c2)c1-c1csc(C2CCN(C(C=O)c3cccs3)CC2)n1. The van der Waals surface area contributed by atoms with E-state index in [1.807, 2.05) is 54.8 Å². The van der Waals surface area contributed by atoms with E-state index >= 15 is 0 Å². The third-order valence-electron chi connectivity index (χ3n) is 7.26. The normalized spacial score (nSPS) is 15.5. The summed E-state index contributed by atoms with van der Waals surface area (Å²) in [5.74, 6) is 1.15. The number of nitrogens with two attached hydrogens (primary N) is 1. The molecule has 1 aliphatic heterocycles. The fourth-order valence-corrected chi connectivity index (χ4v) is 7.00. The molecule has 2 aromatic carbocycles. The average molecular weight is 541 g/mol. The number of carbonyl (C=O) groups is 1. The molecule has 0 saturated carbocycles. The van der Waals surface area contributed by atoms with Crippen LogP contribution in [0.3, 0.4) is 0 Å². The molecule has 1 aliphatic rings. The quantitative estimate of drug-likeness (QED) is 0.173. The average Bonchev–Trinajstić information content (AvgIpc) is 3.72. The summed E-state index contributed by atoms with van der Waals surface area (Å²) in [5.41, 5.74) is 12.4. The Kier molecular flexibility index (Phi) is 6.93. The van der Waals surface area contributed by atoms with Crippen LogP contribution in [0.4, 0.5) is 5.69 Å². The summed E-state index contributed by atoms with van der Waals surface area (Å²) in [5, 5.41) is 9.72. The van der Waals surface area contributed by atoms with Crippen molar-refractivity contribution in [2.75, 3.05) is 18.8 Å². The first kappa shape index (κ1) is 24.7. The van der Waals surface area contributed by atoms with Crippen LogP contribution in [0.1, 0.15) is 40.4 Å². The largest absolute Gasteiger partial charge is 0.399 e. The molecule has 1 saturated heterocycles. The number of hydrogen-bond donors (Lipinski definition) is 1. The molecule has 8 heteroatoms. The highest BCUT2D eigenvalue weighted by Crippen LogP contribution is 2.39. The minimum atomic E-state index is -0.144. The number of carbonyl (C=O) groups excluding carboxylic acids is 1. The molecule has 1 atom stereocenters. The summed E-state index contributed by atoms with van der Waals surface area (Å²) in [7, 11) is 0. The lowest BCUT2D eigenvalue weighted by Gasteiger charge is -2.34.